The molecule has 3 heteroatoms. The predicted molar refractivity (Wildman–Crippen MR) is 319 cm³/mol. The van der Waals surface area contributed by atoms with Gasteiger partial charge in [-0.25, -0.2) is 0 Å². The minimum Gasteiger partial charge on any atom is -0.309 e. The van der Waals surface area contributed by atoms with Gasteiger partial charge in [0.15, 0.2) is 0 Å². The van der Waals surface area contributed by atoms with Gasteiger partial charge in [0.05, 0.1) is 45.2 Å². The van der Waals surface area contributed by atoms with Crippen molar-refractivity contribution in [3.8, 4) is 5.69 Å². The number of fused-ring (bicyclic) bond motifs is 10. The van der Waals surface area contributed by atoms with E-state index in [2.05, 4.69) is 267 Å². The molecule has 2 aliphatic heterocycles. The third-order valence-corrected chi connectivity index (χ3v) is 18.0. The van der Waals surface area contributed by atoms with E-state index in [4.69, 9.17) is 0 Å². The van der Waals surface area contributed by atoms with Crippen molar-refractivity contribution >= 4 is 131 Å². The van der Waals surface area contributed by atoms with Crippen LogP contribution in [0.25, 0.3) is 103 Å². The second-order valence-corrected chi connectivity index (χ2v) is 22.4. The van der Waals surface area contributed by atoms with Crippen LogP contribution in [0.15, 0.2) is 224 Å². The third-order valence-electron chi connectivity index (χ3n) is 18.0. The maximum absolute atomic E-state index is 2.60. The average Bonchev–Trinajstić information content (AvgIpc) is 3.83. The number of hydrogen-bond acceptors (Lipinski definition) is 2. The first-order valence-electron chi connectivity index (χ1n) is 26.5. The molecule has 0 amide bonds. The molecule has 0 saturated carbocycles. The molecule has 0 atom stereocenters. The summed E-state index contributed by atoms with van der Waals surface area (Å²) in [6.45, 7) is 9.59. The van der Waals surface area contributed by atoms with E-state index < -0.39 is 0 Å². The predicted octanol–water partition coefficient (Wildman–Crippen LogP) is 19.9. The molecule has 1 aromatic heterocycles. The van der Waals surface area contributed by atoms with Crippen LogP contribution in [0.3, 0.4) is 0 Å². The number of rotatable bonds is 3. The highest BCUT2D eigenvalue weighted by Crippen LogP contribution is 2.58. The van der Waals surface area contributed by atoms with E-state index in [0.717, 1.165) is 5.69 Å². The standard InChI is InChI=1S/C72H49N3/c1-71(2)54-25-8-11-28-60(54)74(61-29-12-9-26-55(61)71)58-37-33-43-32-36-50-59(38-34-44-31-35-49(58)67(43)68(44)50)75-62-30-13-10-27-56(62)72(3,4)57-39-53-63(41-64(57)75)73(45-19-6-5-7-20-45)65-40-52-48-22-15-18-42-17-14-21-46(66(42)48)47-23-16-24-51(69(47)52)70(53)65/h5-41H,1-4H3. The smallest absolute Gasteiger partial charge is 0.0562 e. The summed E-state index contributed by atoms with van der Waals surface area (Å²) in [5.41, 5.74) is 15.7. The van der Waals surface area contributed by atoms with Crippen molar-refractivity contribution in [2.45, 2.75) is 38.5 Å². The summed E-state index contributed by atoms with van der Waals surface area (Å²) < 4.78 is 2.55. The van der Waals surface area contributed by atoms with Crippen molar-refractivity contribution in [3.05, 3.63) is 247 Å². The molecule has 0 radical (unpaired) electrons. The number of benzene rings is 14. The van der Waals surface area contributed by atoms with Crippen LogP contribution in [0, 0.1) is 0 Å². The highest BCUT2D eigenvalue weighted by atomic mass is 15.2. The van der Waals surface area contributed by atoms with E-state index in [1.165, 1.54) is 154 Å². The number of aromatic nitrogens is 1. The van der Waals surface area contributed by atoms with E-state index in [0.29, 0.717) is 0 Å². The molecular formula is C72H49N3. The Labute approximate surface area is 434 Å². The summed E-state index contributed by atoms with van der Waals surface area (Å²) in [4.78, 5) is 5.12. The van der Waals surface area contributed by atoms with Crippen LogP contribution in [-0.2, 0) is 10.8 Å². The van der Waals surface area contributed by atoms with Gasteiger partial charge in [-0.05, 0) is 148 Å². The number of para-hydroxylation sites is 4. The zero-order chi connectivity index (χ0) is 49.6. The largest absolute Gasteiger partial charge is 0.309 e. The topological polar surface area (TPSA) is 11.4 Å². The molecule has 0 fully saturated rings. The van der Waals surface area contributed by atoms with Crippen molar-refractivity contribution in [3.63, 3.8) is 0 Å². The van der Waals surface area contributed by atoms with Crippen LogP contribution in [-0.4, -0.2) is 4.57 Å². The Hall–Kier alpha value is -9.18. The summed E-state index contributed by atoms with van der Waals surface area (Å²) in [7, 11) is 0. The Morgan fingerprint density at radius 2 is 0.720 bits per heavy atom. The van der Waals surface area contributed by atoms with Crippen molar-refractivity contribution in [2.75, 3.05) is 9.80 Å². The Bertz CT molecular complexity index is 4900. The third kappa shape index (κ3) is 5.20. The fourth-order valence-electron chi connectivity index (χ4n) is 14.6. The summed E-state index contributed by atoms with van der Waals surface area (Å²) in [5, 5.41) is 20.6. The summed E-state index contributed by atoms with van der Waals surface area (Å²) in [5.74, 6) is 0. The molecular weight excluding hydrogens is 907 g/mol. The second-order valence-electron chi connectivity index (χ2n) is 22.4. The lowest BCUT2D eigenvalue weighted by Gasteiger charge is -2.43. The summed E-state index contributed by atoms with van der Waals surface area (Å²) >= 11 is 0. The van der Waals surface area contributed by atoms with Gasteiger partial charge in [0, 0.05) is 38.1 Å². The molecule has 0 bridgehead atoms. The van der Waals surface area contributed by atoms with Crippen molar-refractivity contribution in [1.29, 1.82) is 0 Å². The Kier molecular flexibility index (Phi) is 7.88. The molecule has 17 rings (SSSR count). The molecule has 15 aromatic rings. The molecule has 0 unspecified atom stereocenters. The van der Waals surface area contributed by atoms with E-state index in [-0.39, 0.29) is 10.8 Å². The fourth-order valence-corrected chi connectivity index (χ4v) is 14.6. The first kappa shape index (κ1) is 41.3. The number of nitrogens with zero attached hydrogens (tertiary/aromatic N) is 3. The van der Waals surface area contributed by atoms with E-state index >= 15 is 0 Å². The Balaban J connectivity index is 0.962. The first-order valence-corrected chi connectivity index (χ1v) is 26.5. The lowest BCUT2D eigenvalue weighted by atomic mass is 9.73. The molecule has 0 N–H and O–H groups in total. The van der Waals surface area contributed by atoms with Gasteiger partial charge in [0.25, 0.3) is 0 Å². The van der Waals surface area contributed by atoms with E-state index in [1.54, 1.807) is 0 Å². The van der Waals surface area contributed by atoms with Crippen LogP contribution >= 0.6 is 0 Å². The second kappa shape index (κ2) is 14.3. The van der Waals surface area contributed by atoms with Gasteiger partial charge >= 0.3 is 0 Å². The number of hydrogen-bond donors (Lipinski definition) is 0. The summed E-state index contributed by atoms with van der Waals surface area (Å²) in [6, 6.07) is 85.3. The molecule has 3 heterocycles. The SMILES string of the molecule is CC1(C)c2ccccc2N(c2ccc3ccc4c(N5c6ccccc6C(C)(C)c6cc7c8c9cccc%10c%11cccc%12cccc(c(cc8n(-c8ccccc8)c7cc65)c%109)c%12%11)ccc5ccc2c3c54)c2ccccc21. The number of anilines is 6. The van der Waals surface area contributed by atoms with Gasteiger partial charge in [0.1, 0.15) is 0 Å². The van der Waals surface area contributed by atoms with E-state index in [1.807, 2.05) is 0 Å². The monoisotopic (exact) mass is 955 g/mol. The molecule has 75 heavy (non-hydrogen) atoms. The molecule has 352 valence electrons. The first-order chi connectivity index (χ1) is 36.8. The molecule has 0 aliphatic carbocycles. The van der Waals surface area contributed by atoms with Gasteiger partial charge in [-0.15, -0.1) is 0 Å². The normalized spacial score (nSPS) is 14.8. The molecule has 14 aromatic carbocycles. The highest BCUT2D eigenvalue weighted by Gasteiger charge is 2.40. The zero-order valence-electron chi connectivity index (χ0n) is 42.2. The molecule has 0 saturated heterocycles. The Morgan fingerprint density at radius 1 is 0.253 bits per heavy atom. The van der Waals surface area contributed by atoms with Gasteiger partial charge in [-0.1, -0.05) is 191 Å². The maximum Gasteiger partial charge on any atom is 0.0562 e. The zero-order valence-corrected chi connectivity index (χ0v) is 42.2. The molecule has 0 spiro atoms. The van der Waals surface area contributed by atoms with Crippen LogP contribution in [0.2, 0.25) is 0 Å². The minimum absolute atomic E-state index is 0.144. The highest BCUT2D eigenvalue weighted by molar-refractivity contribution is 6.38. The molecule has 3 nitrogen and oxygen atoms in total. The maximum atomic E-state index is 2.60. The van der Waals surface area contributed by atoms with Gasteiger partial charge < -0.3 is 14.4 Å². The van der Waals surface area contributed by atoms with E-state index in [9.17, 15) is 0 Å². The minimum atomic E-state index is -0.313. The molecule has 2 aliphatic rings. The van der Waals surface area contributed by atoms with Crippen LogP contribution in [0.5, 0.6) is 0 Å². The van der Waals surface area contributed by atoms with Crippen molar-refractivity contribution in [2.24, 2.45) is 0 Å². The average molecular weight is 956 g/mol. The van der Waals surface area contributed by atoms with Crippen LogP contribution < -0.4 is 9.80 Å². The van der Waals surface area contributed by atoms with Gasteiger partial charge in [-0.3, -0.25) is 0 Å². The van der Waals surface area contributed by atoms with Gasteiger partial charge in [0.2, 0.25) is 0 Å². The van der Waals surface area contributed by atoms with Crippen LogP contribution in [0.4, 0.5) is 34.1 Å². The quantitative estimate of drug-likeness (QED) is 0.129. The lowest BCUT2D eigenvalue weighted by molar-refractivity contribution is 0.632. The lowest BCUT2D eigenvalue weighted by Crippen LogP contribution is -2.30. The van der Waals surface area contributed by atoms with Crippen molar-refractivity contribution < 1.29 is 0 Å². The van der Waals surface area contributed by atoms with Crippen LogP contribution in [0.1, 0.15) is 49.9 Å². The fraction of sp³-hybridized carbons (Fsp3) is 0.0833. The Morgan fingerprint density at radius 3 is 1.32 bits per heavy atom. The summed E-state index contributed by atoms with van der Waals surface area (Å²) in [6.07, 6.45) is 0. The van der Waals surface area contributed by atoms with Crippen molar-refractivity contribution in [1.82, 2.24) is 4.57 Å². The van der Waals surface area contributed by atoms with Gasteiger partial charge in [-0.2, -0.15) is 0 Å².